The molecule has 4 rings (SSSR count). The topological polar surface area (TPSA) is 59.6 Å². The fourth-order valence-corrected chi connectivity index (χ4v) is 6.94. The highest BCUT2D eigenvalue weighted by Gasteiger charge is 2.32. The van der Waals surface area contributed by atoms with E-state index in [1.54, 1.807) is 4.31 Å². The molecule has 0 radical (unpaired) electrons. The third kappa shape index (κ3) is 4.63. The van der Waals surface area contributed by atoms with Crippen LogP contribution in [0.15, 0.2) is 35.2 Å². The van der Waals surface area contributed by atoms with Crippen LogP contribution in [-0.4, -0.2) is 48.7 Å². The quantitative estimate of drug-likeness (QED) is 0.763. The first-order valence-electron chi connectivity index (χ1n) is 11.4. The van der Waals surface area contributed by atoms with Crippen LogP contribution in [-0.2, 0) is 23.1 Å². The van der Waals surface area contributed by atoms with Gasteiger partial charge in [0.2, 0.25) is 10.0 Å². The number of quaternary nitrogens is 1. The molecule has 7 heteroatoms. The second kappa shape index (κ2) is 9.20. The van der Waals surface area contributed by atoms with Crippen LogP contribution < -0.4 is 4.90 Å². The molecule has 1 aromatic carbocycles. The van der Waals surface area contributed by atoms with Gasteiger partial charge in [0.15, 0.2) is 6.67 Å². The van der Waals surface area contributed by atoms with E-state index in [1.165, 1.54) is 23.3 Å². The molecule has 1 aromatic heterocycles. The maximum atomic E-state index is 13.2. The minimum absolute atomic E-state index is 0.433. The van der Waals surface area contributed by atoms with Crippen LogP contribution in [0.4, 0.5) is 0 Å². The van der Waals surface area contributed by atoms with Crippen molar-refractivity contribution in [2.75, 3.05) is 26.2 Å². The lowest BCUT2D eigenvalue weighted by Gasteiger charge is -2.29. The highest BCUT2D eigenvalue weighted by Crippen LogP contribution is 2.26. The summed E-state index contributed by atoms with van der Waals surface area (Å²) in [6.07, 6.45) is 6.60. The highest BCUT2D eigenvalue weighted by molar-refractivity contribution is 7.89. The molecular weight excluding hydrogens is 396 g/mol. The Labute approximate surface area is 180 Å². The molecule has 2 aliphatic rings. The van der Waals surface area contributed by atoms with Gasteiger partial charge in [-0.25, -0.2) is 13.1 Å². The summed E-state index contributed by atoms with van der Waals surface area (Å²) in [6, 6.07) is 10.8. The Morgan fingerprint density at radius 2 is 1.70 bits per heavy atom. The Bertz CT molecular complexity index is 941. The Morgan fingerprint density at radius 3 is 2.37 bits per heavy atom. The van der Waals surface area contributed by atoms with Gasteiger partial charge in [-0.05, 0) is 57.4 Å². The Kier molecular flexibility index (Phi) is 6.60. The van der Waals surface area contributed by atoms with E-state index in [4.69, 9.17) is 0 Å². The first kappa shape index (κ1) is 21.5. The second-order valence-corrected chi connectivity index (χ2v) is 10.9. The monoisotopic (exact) mass is 431 g/mol. The van der Waals surface area contributed by atoms with Gasteiger partial charge in [0, 0.05) is 13.1 Å². The zero-order valence-electron chi connectivity index (χ0n) is 18.3. The molecule has 2 saturated heterocycles. The van der Waals surface area contributed by atoms with Gasteiger partial charge in [-0.15, -0.1) is 0 Å². The normalized spacial score (nSPS) is 23.5. The first-order chi connectivity index (χ1) is 14.4. The molecule has 2 aliphatic heterocycles. The van der Waals surface area contributed by atoms with E-state index in [2.05, 4.69) is 35.4 Å². The number of likely N-dealkylation sites (tertiary alicyclic amines) is 1. The van der Waals surface area contributed by atoms with Gasteiger partial charge in [0.1, 0.15) is 4.90 Å². The Balaban J connectivity index is 1.39. The molecule has 1 N–H and O–H groups in total. The standard InChI is InChI=1S/C23H34N4O2S/c1-19-23(30(28,29)26-13-7-4-8-14-26)20(2)27(24-19)18-25-15-11-22(12-16-25)17-21-9-5-3-6-10-21/h3,5-6,9-10,22H,4,7-8,11-18H2,1-2H3/p+1. The molecule has 0 aliphatic carbocycles. The van der Waals surface area contributed by atoms with Gasteiger partial charge in [-0.1, -0.05) is 36.8 Å². The predicted octanol–water partition coefficient (Wildman–Crippen LogP) is 2.17. The maximum Gasteiger partial charge on any atom is 0.246 e. The number of aromatic nitrogens is 2. The van der Waals surface area contributed by atoms with Gasteiger partial charge >= 0.3 is 0 Å². The number of benzene rings is 1. The zero-order chi connectivity index (χ0) is 21.1. The summed E-state index contributed by atoms with van der Waals surface area (Å²) in [6.45, 7) is 7.99. The number of nitrogens with one attached hydrogen (secondary N) is 1. The zero-order valence-corrected chi connectivity index (χ0v) is 19.1. The summed E-state index contributed by atoms with van der Waals surface area (Å²) in [5.74, 6) is 0.742. The van der Waals surface area contributed by atoms with Gasteiger partial charge in [-0.3, -0.25) is 0 Å². The Hall–Kier alpha value is -1.70. The molecule has 0 spiro atoms. The predicted molar refractivity (Wildman–Crippen MR) is 118 cm³/mol. The van der Waals surface area contributed by atoms with Gasteiger partial charge in [0.05, 0.1) is 24.5 Å². The van der Waals surface area contributed by atoms with Crippen LogP contribution in [0.25, 0.3) is 0 Å². The molecule has 0 atom stereocenters. The fraction of sp³-hybridized carbons (Fsp3) is 0.609. The molecule has 30 heavy (non-hydrogen) atoms. The minimum atomic E-state index is -3.45. The molecular formula is C23H35N4O2S+. The van der Waals surface area contributed by atoms with Crippen molar-refractivity contribution in [3.8, 4) is 0 Å². The lowest BCUT2D eigenvalue weighted by atomic mass is 9.90. The number of sulfonamides is 1. The lowest BCUT2D eigenvalue weighted by molar-refractivity contribution is -0.929. The summed E-state index contributed by atoms with van der Waals surface area (Å²) < 4.78 is 30.0. The van der Waals surface area contributed by atoms with Crippen LogP contribution in [0.5, 0.6) is 0 Å². The third-order valence-electron chi connectivity index (χ3n) is 6.78. The average Bonchev–Trinajstić information content (AvgIpc) is 3.04. The van der Waals surface area contributed by atoms with E-state index in [1.807, 2.05) is 18.5 Å². The van der Waals surface area contributed by atoms with Gasteiger partial charge < -0.3 is 4.90 Å². The van der Waals surface area contributed by atoms with Gasteiger partial charge in [-0.2, -0.15) is 9.40 Å². The third-order valence-corrected chi connectivity index (χ3v) is 8.93. The number of rotatable bonds is 6. The number of aryl methyl sites for hydroxylation is 1. The molecule has 0 bridgehead atoms. The SMILES string of the molecule is Cc1nn(C[NH+]2CCC(Cc3ccccc3)CC2)c(C)c1S(=O)(=O)N1CCCCC1. The maximum absolute atomic E-state index is 13.2. The van der Waals surface area contributed by atoms with Crippen molar-refractivity contribution in [1.82, 2.24) is 14.1 Å². The van der Waals surface area contributed by atoms with E-state index >= 15 is 0 Å². The van der Waals surface area contributed by atoms with Crippen molar-refractivity contribution in [2.45, 2.75) is 63.9 Å². The molecule has 0 amide bonds. The van der Waals surface area contributed by atoms with Crippen molar-refractivity contribution in [3.05, 3.63) is 47.3 Å². The van der Waals surface area contributed by atoms with Crippen LogP contribution in [0.1, 0.15) is 49.1 Å². The summed E-state index contributed by atoms with van der Waals surface area (Å²) >= 11 is 0. The highest BCUT2D eigenvalue weighted by atomic mass is 32.2. The molecule has 164 valence electrons. The minimum Gasteiger partial charge on any atom is -0.316 e. The molecule has 6 nitrogen and oxygen atoms in total. The van der Waals surface area contributed by atoms with Crippen LogP contribution in [0.2, 0.25) is 0 Å². The van der Waals surface area contributed by atoms with Crippen molar-refractivity contribution >= 4 is 10.0 Å². The smallest absolute Gasteiger partial charge is 0.246 e. The summed E-state index contributed by atoms with van der Waals surface area (Å²) in [5.41, 5.74) is 2.85. The van der Waals surface area contributed by atoms with E-state index in [9.17, 15) is 8.42 Å². The average molecular weight is 432 g/mol. The number of hydrogen-bond donors (Lipinski definition) is 1. The van der Waals surface area contributed by atoms with E-state index < -0.39 is 10.0 Å². The Morgan fingerprint density at radius 1 is 1.03 bits per heavy atom. The van der Waals surface area contributed by atoms with Crippen molar-refractivity contribution < 1.29 is 13.3 Å². The number of hydrogen-bond acceptors (Lipinski definition) is 3. The van der Waals surface area contributed by atoms with Crippen LogP contribution >= 0.6 is 0 Å². The van der Waals surface area contributed by atoms with E-state index in [0.717, 1.165) is 57.1 Å². The van der Waals surface area contributed by atoms with Gasteiger partial charge in [0.25, 0.3) is 0 Å². The second-order valence-electron chi connectivity index (χ2n) is 9.01. The van der Waals surface area contributed by atoms with E-state index in [-0.39, 0.29) is 0 Å². The summed E-state index contributed by atoms with van der Waals surface area (Å²) in [7, 11) is -3.45. The van der Waals surface area contributed by atoms with Crippen molar-refractivity contribution in [3.63, 3.8) is 0 Å². The molecule has 2 fully saturated rings. The van der Waals surface area contributed by atoms with Crippen LogP contribution in [0, 0.1) is 19.8 Å². The molecule has 0 unspecified atom stereocenters. The number of nitrogens with zero attached hydrogens (tertiary/aromatic N) is 3. The molecule has 0 saturated carbocycles. The lowest BCUT2D eigenvalue weighted by Crippen LogP contribution is -3.12. The van der Waals surface area contributed by atoms with Crippen LogP contribution in [0.3, 0.4) is 0 Å². The fourth-order valence-electron chi connectivity index (χ4n) is 5.05. The first-order valence-corrected chi connectivity index (χ1v) is 12.8. The summed E-state index contributed by atoms with van der Waals surface area (Å²) in [5, 5.41) is 4.64. The van der Waals surface area contributed by atoms with E-state index in [0.29, 0.717) is 23.7 Å². The molecule has 3 heterocycles. The van der Waals surface area contributed by atoms with Crippen molar-refractivity contribution in [1.29, 1.82) is 0 Å². The largest absolute Gasteiger partial charge is 0.316 e. The number of piperidine rings is 2. The molecule has 2 aromatic rings. The summed E-state index contributed by atoms with van der Waals surface area (Å²) in [4.78, 5) is 1.93. The van der Waals surface area contributed by atoms with Crippen molar-refractivity contribution in [2.24, 2.45) is 5.92 Å².